The summed E-state index contributed by atoms with van der Waals surface area (Å²) < 4.78 is 16.9. The van der Waals surface area contributed by atoms with Crippen molar-refractivity contribution in [2.24, 2.45) is 0 Å². The standard InChI is InChI=1S/C33H27NO3/c1-22-8-10-26(21-30(22)23-9-19-33-31(20-23)29-6-4-5-7-32(29)37-33)34(24-11-15-27(35-2)16-12-24)25-13-17-28(36-3)18-14-25/h4-21H,1-3H3. The highest BCUT2D eigenvalue weighted by Gasteiger charge is 2.16. The van der Waals surface area contributed by atoms with E-state index in [2.05, 4.69) is 84.6 Å². The third-order valence-corrected chi connectivity index (χ3v) is 6.83. The van der Waals surface area contributed by atoms with E-state index in [-0.39, 0.29) is 0 Å². The average molecular weight is 486 g/mol. The van der Waals surface area contributed by atoms with Crippen LogP contribution < -0.4 is 14.4 Å². The van der Waals surface area contributed by atoms with Crippen molar-refractivity contribution in [2.75, 3.05) is 19.1 Å². The summed E-state index contributed by atoms with van der Waals surface area (Å²) in [7, 11) is 3.37. The molecule has 0 aliphatic rings. The van der Waals surface area contributed by atoms with E-state index < -0.39 is 0 Å². The van der Waals surface area contributed by atoms with E-state index in [1.54, 1.807) is 14.2 Å². The first-order valence-corrected chi connectivity index (χ1v) is 12.2. The van der Waals surface area contributed by atoms with E-state index in [4.69, 9.17) is 13.9 Å². The van der Waals surface area contributed by atoms with Gasteiger partial charge in [0, 0.05) is 27.8 Å². The predicted molar refractivity (Wildman–Crippen MR) is 152 cm³/mol. The molecule has 0 unspecified atom stereocenters. The van der Waals surface area contributed by atoms with Gasteiger partial charge in [0.1, 0.15) is 22.7 Å². The first-order chi connectivity index (χ1) is 18.1. The van der Waals surface area contributed by atoms with E-state index in [1.807, 2.05) is 36.4 Å². The van der Waals surface area contributed by atoms with Crippen LogP contribution in [0, 0.1) is 6.92 Å². The molecule has 6 rings (SSSR count). The van der Waals surface area contributed by atoms with Crippen LogP contribution in [0.2, 0.25) is 0 Å². The lowest BCUT2D eigenvalue weighted by Crippen LogP contribution is -2.10. The number of fused-ring (bicyclic) bond motifs is 3. The smallest absolute Gasteiger partial charge is 0.135 e. The van der Waals surface area contributed by atoms with Crippen LogP contribution in [0.15, 0.2) is 114 Å². The number of furan rings is 1. The van der Waals surface area contributed by atoms with E-state index in [0.717, 1.165) is 56.1 Å². The molecule has 182 valence electrons. The fourth-order valence-electron chi connectivity index (χ4n) is 4.86. The van der Waals surface area contributed by atoms with Gasteiger partial charge in [0.15, 0.2) is 0 Å². The molecule has 0 amide bonds. The molecule has 0 aliphatic heterocycles. The molecule has 6 aromatic rings. The summed E-state index contributed by atoms with van der Waals surface area (Å²) in [4.78, 5) is 2.24. The Balaban J connectivity index is 1.49. The van der Waals surface area contributed by atoms with Crippen molar-refractivity contribution in [3.05, 3.63) is 115 Å². The summed E-state index contributed by atoms with van der Waals surface area (Å²) in [5.41, 5.74) is 8.49. The van der Waals surface area contributed by atoms with Crippen LogP contribution in [-0.4, -0.2) is 14.2 Å². The van der Waals surface area contributed by atoms with Gasteiger partial charge >= 0.3 is 0 Å². The van der Waals surface area contributed by atoms with Crippen molar-refractivity contribution in [3.63, 3.8) is 0 Å². The van der Waals surface area contributed by atoms with Gasteiger partial charge < -0.3 is 18.8 Å². The number of methoxy groups -OCH3 is 2. The zero-order valence-electron chi connectivity index (χ0n) is 21.1. The fraction of sp³-hybridized carbons (Fsp3) is 0.0909. The van der Waals surface area contributed by atoms with Gasteiger partial charge in [-0.05, 0) is 102 Å². The highest BCUT2D eigenvalue weighted by Crippen LogP contribution is 2.40. The van der Waals surface area contributed by atoms with Crippen LogP contribution in [0.25, 0.3) is 33.1 Å². The number of ether oxygens (including phenoxy) is 2. The molecule has 1 heterocycles. The molecule has 37 heavy (non-hydrogen) atoms. The minimum Gasteiger partial charge on any atom is -0.497 e. The molecule has 1 aromatic heterocycles. The van der Waals surface area contributed by atoms with Crippen molar-refractivity contribution in [3.8, 4) is 22.6 Å². The fourth-order valence-corrected chi connectivity index (χ4v) is 4.86. The number of hydrogen-bond donors (Lipinski definition) is 0. The minimum atomic E-state index is 0.823. The summed E-state index contributed by atoms with van der Waals surface area (Å²) in [6.45, 7) is 2.15. The second-order valence-electron chi connectivity index (χ2n) is 9.04. The van der Waals surface area contributed by atoms with Gasteiger partial charge in [0.25, 0.3) is 0 Å². The SMILES string of the molecule is COc1ccc(N(c2ccc(OC)cc2)c2ccc(C)c(-c3ccc4oc5ccccc5c4c3)c2)cc1. The van der Waals surface area contributed by atoms with Crippen LogP contribution in [0.4, 0.5) is 17.1 Å². The van der Waals surface area contributed by atoms with Gasteiger partial charge in [-0.25, -0.2) is 0 Å². The molecular formula is C33H27NO3. The monoisotopic (exact) mass is 485 g/mol. The van der Waals surface area contributed by atoms with Gasteiger partial charge in [0.2, 0.25) is 0 Å². The van der Waals surface area contributed by atoms with E-state index in [9.17, 15) is 0 Å². The van der Waals surface area contributed by atoms with Gasteiger partial charge in [-0.3, -0.25) is 0 Å². The highest BCUT2D eigenvalue weighted by atomic mass is 16.5. The molecule has 0 saturated carbocycles. The van der Waals surface area contributed by atoms with Crippen LogP contribution in [0.3, 0.4) is 0 Å². The van der Waals surface area contributed by atoms with E-state index in [1.165, 1.54) is 11.1 Å². The Hall–Kier alpha value is -4.70. The Morgan fingerprint density at radius 2 is 1.16 bits per heavy atom. The van der Waals surface area contributed by atoms with Crippen LogP contribution in [0.1, 0.15) is 5.56 Å². The highest BCUT2D eigenvalue weighted by molar-refractivity contribution is 6.06. The Labute approximate surface area is 216 Å². The van der Waals surface area contributed by atoms with Crippen LogP contribution in [-0.2, 0) is 0 Å². The van der Waals surface area contributed by atoms with Gasteiger partial charge in [-0.1, -0.05) is 30.3 Å². The van der Waals surface area contributed by atoms with Crippen LogP contribution in [0.5, 0.6) is 11.5 Å². The number of hydrogen-bond acceptors (Lipinski definition) is 4. The molecule has 4 heteroatoms. The number of nitrogens with zero attached hydrogens (tertiary/aromatic N) is 1. The average Bonchev–Trinajstić information content (AvgIpc) is 3.33. The van der Waals surface area contributed by atoms with Gasteiger partial charge in [-0.2, -0.15) is 0 Å². The molecular weight excluding hydrogens is 458 g/mol. The summed E-state index contributed by atoms with van der Waals surface area (Å²) in [6, 6.07) is 37.5. The number of rotatable bonds is 6. The van der Waals surface area contributed by atoms with E-state index in [0.29, 0.717) is 0 Å². The summed E-state index contributed by atoms with van der Waals surface area (Å²) in [5.74, 6) is 1.65. The third-order valence-electron chi connectivity index (χ3n) is 6.83. The summed E-state index contributed by atoms with van der Waals surface area (Å²) in [5, 5.41) is 2.26. The maximum absolute atomic E-state index is 6.06. The maximum atomic E-state index is 6.06. The quantitative estimate of drug-likeness (QED) is 0.236. The van der Waals surface area contributed by atoms with Crippen molar-refractivity contribution >= 4 is 39.0 Å². The zero-order chi connectivity index (χ0) is 25.4. The van der Waals surface area contributed by atoms with Gasteiger partial charge in [-0.15, -0.1) is 0 Å². The predicted octanol–water partition coefficient (Wildman–Crippen LogP) is 9.05. The second kappa shape index (κ2) is 9.40. The Morgan fingerprint density at radius 3 is 1.81 bits per heavy atom. The summed E-state index contributed by atoms with van der Waals surface area (Å²) >= 11 is 0. The van der Waals surface area contributed by atoms with Crippen molar-refractivity contribution in [1.29, 1.82) is 0 Å². The lowest BCUT2D eigenvalue weighted by atomic mass is 9.97. The molecule has 0 saturated heterocycles. The minimum absolute atomic E-state index is 0.823. The number of benzene rings is 5. The number of para-hydroxylation sites is 1. The lowest BCUT2D eigenvalue weighted by Gasteiger charge is -2.26. The third kappa shape index (κ3) is 4.17. The number of anilines is 3. The molecule has 4 nitrogen and oxygen atoms in total. The molecule has 0 radical (unpaired) electrons. The zero-order valence-corrected chi connectivity index (χ0v) is 21.1. The maximum Gasteiger partial charge on any atom is 0.135 e. The van der Waals surface area contributed by atoms with Crippen molar-refractivity contribution in [1.82, 2.24) is 0 Å². The molecule has 0 atom stereocenters. The molecule has 0 bridgehead atoms. The first-order valence-electron chi connectivity index (χ1n) is 12.2. The summed E-state index contributed by atoms with van der Waals surface area (Å²) in [6.07, 6.45) is 0. The Morgan fingerprint density at radius 1 is 0.568 bits per heavy atom. The largest absolute Gasteiger partial charge is 0.497 e. The molecule has 0 fully saturated rings. The second-order valence-corrected chi connectivity index (χ2v) is 9.04. The Bertz CT molecular complexity index is 1650. The molecule has 0 aliphatic carbocycles. The lowest BCUT2D eigenvalue weighted by molar-refractivity contribution is 0.415. The molecule has 5 aromatic carbocycles. The number of aryl methyl sites for hydroxylation is 1. The van der Waals surface area contributed by atoms with E-state index >= 15 is 0 Å². The van der Waals surface area contributed by atoms with Gasteiger partial charge in [0.05, 0.1) is 14.2 Å². The van der Waals surface area contributed by atoms with Crippen molar-refractivity contribution < 1.29 is 13.9 Å². The normalized spacial score (nSPS) is 11.1. The molecule has 0 spiro atoms. The Kier molecular flexibility index (Phi) is 5.78. The van der Waals surface area contributed by atoms with Crippen molar-refractivity contribution in [2.45, 2.75) is 6.92 Å². The van der Waals surface area contributed by atoms with Crippen LogP contribution >= 0.6 is 0 Å². The molecule has 0 N–H and O–H groups in total. The first kappa shape index (κ1) is 22.7. The topological polar surface area (TPSA) is 34.8 Å².